The second kappa shape index (κ2) is 11.3. The van der Waals surface area contributed by atoms with Crippen molar-refractivity contribution < 1.29 is 23.8 Å². The molecule has 9 nitrogen and oxygen atoms in total. The predicted molar refractivity (Wildman–Crippen MR) is 137 cm³/mol. The number of amides is 1. The highest BCUT2D eigenvalue weighted by Crippen LogP contribution is 2.46. The third-order valence-corrected chi connectivity index (χ3v) is 6.79. The number of ether oxygens (including phenoxy) is 3. The molecule has 0 saturated carbocycles. The van der Waals surface area contributed by atoms with Gasteiger partial charge < -0.3 is 24.4 Å². The van der Waals surface area contributed by atoms with E-state index in [1.165, 1.54) is 18.9 Å². The quantitative estimate of drug-likeness (QED) is 0.508. The van der Waals surface area contributed by atoms with E-state index >= 15 is 0 Å². The van der Waals surface area contributed by atoms with Crippen LogP contribution in [0.1, 0.15) is 36.9 Å². The van der Waals surface area contributed by atoms with Crippen LogP contribution in [0.25, 0.3) is 0 Å². The van der Waals surface area contributed by atoms with Gasteiger partial charge in [0.1, 0.15) is 11.5 Å². The van der Waals surface area contributed by atoms with Gasteiger partial charge in [0.25, 0.3) is 0 Å². The highest BCUT2D eigenvalue weighted by atomic mass is 32.2. The number of carbonyl (C=O) groups excluding carboxylic acids is 2. The Hall–Kier alpha value is -3.79. The number of amidine groups is 1. The maximum Gasteiger partial charge on any atom is 0.338 e. The number of pyridine rings is 1. The molecule has 1 amide bonds. The summed E-state index contributed by atoms with van der Waals surface area (Å²) in [4.78, 5) is 36.6. The van der Waals surface area contributed by atoms with Gasteiger partial charge >= 0.3 is 5.97 Å². The summed E-state index contributed by atoms with van der Waals surface area (Å²) in [5.41, 5.74) is 3.51. The van der Waals surface area contributed by atoms with Gasteiger partial charge in [0, 0.05) is 30.7 Å². The molecule has 36 heavy (non-hydrogen) atoms. The van der Waals surface area contributed by atoms with Crippen molar-refractivity contribution in [3.8, 4) is 11.5 Å². The molecule has 0 unspecified atom stereocenters. The van der Waals surface area contributed by atoms with E-state index in [1.807, 2.05) is 41.5 Å². The smallest absolute Gasteiger partial charge is 0.338 e. The van der Waals surface area contributed by atoms with Crippen LogP contribution in [-0.2, 0) is 20.9 Å². The van der Waals surface area contributed by atoms with Crippen LogP contribution in [0.4, 0.5) is 0 Å². The maximum atomic E-state index is 13.1. The lowest BCUT2D eigenvalue weighted by molar-refractivity contribution is -0.136. The van der Waals surface area contributed by atoms with Gasteiger partial charge in [-0.25, -0.2) is 9.79 Å². The molecule has 1 aromatic carbocycles. The van der Waals surface area contributed by atoms with Gasteiger partial charge in [-0.2, -0.15) is 0 Å². The summed E-state index contributed by atoms with van der Waals surface area (Å²) in [5, 5.41) is 5.55. The van der Waals surface area contributed by atoms with Crippen LogP contribution in [0.15, 0.2) is 70.1 Å². The number of fused-ring (bicyclic) bond motifs is 1. The normalized spacial score (nSPS) is 16.7. The van der Waals surface area contributed by atoms with Gasteiger partial charge in [-0.3, -0.25) is 9.78 Å². The molecule has 3 heterocycles. The number of hydrogen-bond donors (Lipinski definition) is 1. The lowest BCUT2D eigenvalue weighted by Gasteiger charge is -2.36. The molecule has 1 N–H and O–H groups in total. The molecule has 188 valence electrons. The third-order valence-electron chi connectivity index (χ3n) is 5.90. The number of esters is 1. The van der Waals surface area contributed by atoms with Crippen molar-refractivity contribution in [1.29, 1.82) is 0 Å². The van der Waals surface area contributed by atoms with Crippen molar-refractivity contribution in [3.05, 3.63) is 76.2 Å². The molecule has 2 aliphatic rings. The van der Waals surface area contributed by atoms with Crippen LogP contribution in [-0.4, -0.2) is 48.3 Å². The number of nitrogens with one attached hydrogen (secondary N) is 1. The predicted octanol–water partition coefficient (Wildman–Crippen LogP) is 3.94. The van der Waals surface area contributed by atoms with Crippen molar-refractivity contribution in [2.45, 2.75) is 32.4 Å². The van der Waals surface area contributed by atoms with E-state index in [4.69, 9.17) is 19.2 Å². The third kappa shape index (κ3) is 5.23. The van der Waals surface area contributed by atoms with E-state index in [0.717, 1.165) is 16.8 Å². The maximum absolute atomic E-state index is 13.1. The van der Waals surface area contributed by atoms with Gasteiger partial charge in [0.05, 0.1) is 45.1 Å². The molecule has 0 spiro atoms. The Bertz CT molecular complexity index is 1220. The highest BCUT2D eigenvalue weighted by molar-refractivity contribution is 8.16. The van der Waals surface area contributed by atoms with Crippen LogP contribution in [0.2, 0.25) is 0 Å². The first kappa shape index (κ1) is 25.3. The zero-order valence-electron chi connectivity index (χ0n) is 20.6. The minimum absolute atomic E-state index is 0.116. The zero-order valence-corrected chi connectivity index (χ0v) is 21.4. The Morgan fingerprint density at radius 3 is 2.39 bits per heavy atom. The molecule has 0 bridgehead atoms. The van der Waals surface area contributed by atoms with Gasteiger partial charge in [-0.15, -0.1) is 0 Å². The van der Waals surface area contributed by atoms with Gasteiger partial charge in [-0.1, -0.05) is 18.7 Å². The number of methoxy groups -OCH3 is 3. The number of nitrogens with zero attached hydrogens (tertiary/aromatic N) is 3. The van der Waals surface area contributed by atoms with E-state index < -0.39 is 12.0 Å². The van der Waals surface area contributed by atoms with Crippen molar-refractivity contribution in [2.24, 2.45) is 4.99 Å². The first-order valence-electron chi connectivity index (χ1n) is 11.4. The number of carbonyl (C=O) groups is 2. The fraction of sp³-hybridized carbons (Fsp3) is 0.308. The monoisotopic (exact) mass is 508 g/mol. The zero-order chi connectivity index (χ0) is 25.7. The number of allylic oxidation sites excluding steroid dienone is 1. The second-order valence-electron chi connectivity index (χ2n) is 8.05. The first-order chi connectivity index (χ1) is 17.5. The second-order valence-corrected chi connectivity index (χ2v) is 8.89. The Morgan fingerprint density at radius 1 is 1.08 bits per heavy atom. The standard InChI is InChI=1S/C26H28N4O5S/c1-5-21-23(25(32)35-4)24(17-10-19(33-2)13-20(11-17)34-3)30-18(15-36-26(30)29-21)12-22(31)28-14-16-6-8-27-9-7-16/h6-11,13,15,24H,5,12,14H2,1-4H3,(H,28,31)/t24-/m1/s1. The summed E-state index contributed by atoms with van der Waals surface area (Å²) in [6, 6.07) is 8.62. The average Bonchev–Trinajstić information content (AvgIpc) is 3.32. The van der Waals surface area contributed by atoms with Crippen LogP contribution in [0.3, 0.4) is 0 Å². The number of benzene rings is 1. The van der Waals surface area contributed by atoms with Crippen molar-refractivity contribution in [3.63, 3.8) is 0 Å². The fourth-order valence-corrected chi connectivity index (χ4v) is 5.08. The topological polar surface area (TPSA) is 102 Å². The molecule has 0 saturated heterocycles. The summed E-state index contributed by atoms with van der Waals surface area (Å²) in [6.07, 6.45) is 4.03. The number of thioether (sulfide) groups is 1. The molecule has 4 rings (SSSR count). The SMILES string of the molecule is CCC1=C(C(=O)OC)[C@@H](c2cc(OC)cc(OC)c2)N2C(CC(=O)NCc3ccncc3)=CSC2=N1. The number of aliphatic imine (C=N–C) groups is 1. The number of rotatable bonds is 9. The highest BCUT2D eigenvalue weighted by Gasteiger charge is 2.41. The van der Waals surface area contributed by atoms with Crippen molar-refractivity contribution in [2.75, 3.05) is 21.3 Å². The summed E-state index contributed by atoms with van der Waals surface area (Å²) < 4.78 is 16.2. The average molecular weight is 509 g/mol. The van der Waals surface area contributed by atoms with Crippen LogP contribution < -0.4 is 14.8 Å². The Labute approximate surface area is 214 Å². The van der Waals surface area contributed by atoms with Crippen molar-refractivity contribution in [1.82, 2.24) is 15.2 Å². The molecule has 0 aliphatic carbocycles. The number of aromatic nitrogens is 1. The lowest BCUT2D eigenvalue weighted by atomic mass is 9.92. The first-order valence-corrected chi connectivity index (χ1v) is 12.3. The van der Waals surface area contributed by atoms with Crippen LogP contribution in [0, 0.1) is 0 Å². The van der Waals surface area contributed by atoms with E-state index in [2.05, 4.69) is 10.3 Å². The molecule has 2 aromatic rings. The van der Waals surface area contributed by atoms with E-state index in [9.17, 15) is 9.59 Å². The summed E-state index contributed by atoms with van der Waals surface area (Å²) >= 11 is 1.43. The molecular weight excluding hydrogens is 480 g/mol. The van der Waals surface area contributed by atoms with Crippen LogP contribution in [0.5, 0.6) is 11.5 Å². The van der Waals surface area contributed by atoms with Crippen molar-refractivity contribution >= 4 is 28.8 Å². The molecule has 1 atom stereocenters. The molecule has 1 aromatic heterocycles. The Kier molecular flexibility index (Phi) is 7.94. The molecule has 10 heteroatoms. The minimum Gasteiger partial charge on any atom is -0.497 e. The molecular formula is C26H28N4O5S. The van der Waals surface area contributed by atoms with Gasteiger partial charge in [0.15, 0.2) is 5.17 Å². The van der Waals surface area contributed by atoms with Gasteiger partial charge in [0.2, 0.25) is 5.91 Å². The molecule has 2 aliphatic heterocycles. The largest absolute Gasteiger partial charge is 0.497 e. The minimum atomic E-state index is -0.571. The van der Waals surface area contributed by atoms with Gasteiger partial charge in [-0.05, 0) is 47.2 Å². The molecule has 0 fully saturated rings. The summed E-state index contributed by atoms with van der Waals surface area (Å²) in [6.45, 7) is 2.34. The Morgan fingerprint density at radius 2 is 1.78 bits per heavy atom. The Balaban J connectivity index is 1.69. The fourth-order valence-electron chi connectivity index (χ4n) is 4.14. The summed E-state index contributed by atoms with van der Waals surface area (Å²) in [5.74, 6) is 0.554. The van der Waals surface area contributed by atoms with Crippen LogP contribution >= 0.6 is 11.8 Å². The lowest BCUT2D eigenvalue weighted by Crippen LogP contribution is -2.38. The summed E-state index contributed by atoms with van der Waals surface area (Å²) in [7, 11) is 4.50. The van der Waals surface area contributed by atoms with E-state index in [0.29, 0.717) is 40.9 Å². The van der Waals surface area contributed by atoms with E-state index in [1.54, 1.807) is 32.7 Å². The molecule has 0 radical (unpaired) electrons. The number of hydrogen-bond acceptors (Lipinski definition) is 9. The van der Waals surface area contributed by atoms with E-state index in [-0.39, 0.29) is 12.3 Å².